The van der Waals surface area contributed by atoms with Crippen molar-refractivity contribution < 1.29 is 19.5 Å². The van der Waals surface area contributed by atoms with Gasteiger partial charge in [-0.3, -0.25) is 0 Å². The largest absolute Gasteiger partial charge is 0.157 e. The molecule has 0 spiro atoms. The second-order valence-electron chi connectivity index (χ2n) is 0.479. The van der Waals surface area contributed by atoms with E-state index in [1.165, 1.54) is 0 Å². The molecule has 0 saturated heterocycles. The minimum absolute atomic E-state index is 0. The fraction of sp³-hybridized carbons (Fsp3) is 0. The van der Waals surface area contributed by atoms with Gasteiger partial charge in [-0.15, -0.1) is 0 Å². The van der Waals surface area contributed by atoms with Crippen LogP contribution in [0.15, 0.2) is 0 Å². The Balaban J connectivity index is 0.000000250. The summed E-state index contributed by atoms with van der Waals surface area (Å²) in [5.41, 5.74) is 0. The molecule has 28 valence electrons. The van der Waals surface area contributed by atoms with Crippen molar-refractivity contribution in [2.75, 3.05) is 0 Å². The molecule has 0 bridgehead atoms. The van der Waals surface area contributed by atoms with Crippen molar-refractivity contribution in [3.05, 3.63) is 0 Å². The van der Waals surface area contributed by atoms with E-state index in [0.29, 0.717) is 0 Å². The van der Waals surface area contributed by atoms with Gasteiger partial charge in [0, 0.05) is 19.5 Å². The third kappa shape index (κ3) is 1.17. The first-order valence-electron chi connectivity index (χ1n) is 1.05. The summed E-state index contributed by atoms with van der Waals surface area (Å²) in [6.07, 6.45) is 0. The Bertz CT molecular complexity index is 60.4. The predicted octanol–water partition coefficient (Wildman–Crippen LogP) is -1.41. The average Bonchev–Trinajstić information content (AvgIpc) is 1.76. The third-order valence-corrected chi connectivity index (χ3v) is 0.219. The molecule has 1 aromatic heterocycles. The first-order chi connectivity index (χ1) is 2.50. The predicted molar refractivity (Wildman–Crippen MR) is 12.0 cm³/mol. The van der Waals surface area contributed by atoms with Gasteiger partial charge in [0.1, 0.15) is 0 Å². The maximum atomic E-state index is 3.12. The summed E-state index contributed by atoms with van der Waals surface area (Å²) in [6.45, 7) is 0. The van der Waals surface area contributed by atoms with E-state index >= 15 is 0 Å². The molecule has 0 aliphatic heterocycles. The molecule has 5 nitrogen and oxygen atoms in total. The van der Waals surface area contributed by atoms with Crippen molar-refractivity contribution in [2.24, 2.45) is 0 Å². The van der Waals surface area contributed by atoms with E-state index in [1.54, 1.807) is 0 Å². The SMILES string of the molecule is [Zn].n1nn[nH]n1. The summed E-state index contributed by atoms with van der Waals surface area (Å²) in [5.74, 6) is 0. The van der Waals surface area contributed by atoms with Gasteiger partial charge in [-0.25, -0.2) is 0 Å². The molecular formula is HN5Zn. The van der Waals surface area contributed by atoms with E-state index in [0.717, 1.165) is 0 Å². The maximum absolute atomic E-state index is 3.12. The van der Waals surface area contributed by atoms with Gasteiger partial charge in [-0.05, 0) is 20.9 Å². The number of hydrogen-bond donors (Lipinski definition) is 1. The summed E-state index contributed by atoms with van der Waals surface area (Å²) >= 11 is 0. The first kappa shape index (κ1) is 5.62. The van der Waals surface area contributed by atoms with Gasteiger partial charge in [0.2, 0.25) is 0 Å². The van der Waals surface area contributed by atoms with Gasteiger partial charge in [-0.1, -0.05) is 0 Å². The molecule has 1 N–H and O–H groups in total. The van der Waals surface area contributed by atoms with Crippen molar-refractivity contribution >= 4 is 0 Å². The molecule has 1 heterocycles. The zero-order chi connectivity index (χ0) is 3.54. The van der Waals surface area contributed by atoms with Gasteiger partial charge >= 0.3 is 0 Å². The Labute approximate surface area is 46.2 Å². The van der Waals surface area contributed by atoms with Crippen molar-refractivity contribution in [3.63, 3.8) is 0 Å². The zero-order valence-corrected chi connectivity index (χ0v) is 5.96. The summed E-state index contributed by atoms with van der Waals surface area (Å²) in [6, 6.07) is 0. The summed E-state index contributed by atoms with van der Waals surface area (Å²) in [7, 11) is 0. The minimum atomic E-state index is 0. The molecule has 0 fully saturated rings. The molecule has 1 aromatic rings. The summed E-state index contributed by atoms with van der Waals surface area (Å²) in [5, 5.41) is 14.5. The van der Waals surface area contributed by atoms with Crippen LogP contribution in [-0.2, 0) is 19.5 Å². The summed E-state index contributed by atoms with van der Waals surface area (Å²) < 4.78 is 0. The molecule has 0 saturated carbocycles. The van der Waals surface area contributed by atoms with Crippen LogP contribution in [0, 0.1) is 0 Å². The standard InChI is InChI=1S/HN5.Zn/c1-2-4-5-3-1;/h(H,1,2,3,4,5);. The quantitative estimate of drug-likeness (QED) is 0.445. The second kappa shape index (κ2) is 2.84. The number of rotatable bonds is 0. The number of H-pyrrole nitrogens is 1. The van der Waals surface area contributed by atoms with Gasteiger partial charge < -0.3 is 0 Å². The second-order valence-corrected chi connectivity index (χ2v) is 0.479. The van der Waals surface area contributed by atoms with E-state index in [-0.39, 0.29) is 19.5 Å². The van der Waals surface area contributed by atoms with Crippen LogP contribution >= 0.6 is 0 Å². The van der Waals surface area contributed by atoms with E-state index in [4.69, 9.17) is 0 Å². The molecular weight excluding hydrogens is 135 g/mol. The normalized spacial score (nSPS) is 6.67. The van der Waals surface area contributed by atoms with Crippen LogP contribution in [0.25, 0.3) is 0 Å². The molecule has 6 heavy (non-hydrogen) atoms. The topological polar surface area (TPSA) is 67.3 Å². The molecule has 0 unspecified atom stereocenters. The number of nitrogens with one attached hydrogen (secondary N) is 1. The summed E-state index contributed by atoms with van der Waals surface area (Å²) in [4.78, 5) is 0. The fourth-order valence-corrected chi connectivity index (χ4v) is 0.100. The van der Waals surface area contributed by atoms with Crippen LogP contribution in [0.3, 0.4) is 0 Å². The van der Waals surface area contributed by atoms with E-state index in [9.17, 15) is 0 Å². The van der Waals surface area contributed by atoms with Crippen LogP contribution in [-0.4, -0.2) is 26.1 Å². The average molecular weight is 136 g/mol. The Morgan fingerprint density at radius 2 is 1.50 bits per heavy atom. The van der Waals surface area contributed by atoms with Crippen LogP contribution < -0.4 is 0 Å². The number of hydrogen-bond acceptors (Lipinski definition) is 4. The maximum Gasteiger partial charge on any atom is 0 e. The van der Waals surface area contributed by atoms with Crippen LogP contribution in [0.4, 0.5) is 0 Å². The third-order valence-electron chi connectivity index (χ3n) is 0.219. The van der Waals surface area contributed by atoms with Crippen molar-refractivity contribution in [1.29, 1.82) is 0 Å². The Morgan fingerprint density at radius 3 is 1.67 bits per heavy atom. The van der Waals surface area contributed by atoms with Gasteiger partial charge in [-0.2, -0.15) is 5.21 Å². The number of aromatic nitrogens is 5. The smallest absolute Gasteiger partial charge is 0 e. The minimum Gasteiger partial charge on any atom is -0.157 e. The molecule has 1 rings (SSSR count). The first-order valence-corrected chi connectivity index (χ1v) is 1.05. The van der Waals surface area contributed by atoms with Gasteiger partial charge in [0.25, 0.3) is 0 Å². The molecule has 0 aliphatic carbocycles. The van der Waals surface area contributed by atoms with Gasteiger partial charge in [0.15, 0.2) is 0 Å². The van der Waals surface area contributed by atoms with E-state index in [2.05, 4.69) is 26.1 Å². The van der Waals surface area contributed by atoms with E-state index in [1.807, 2.05) is 0 Å². The monoisotopic (exact) mass is 135 g/mol. The molecule has 0 atom stereocenters. The van der Waals surface area contributed by atoms with Crippen molar-refractivity contribution in [1.82, 2.24) is 26.1 Å². The fourth-order valence-electron chi connectivity index (χ4n) is 0.100. The molecule has 0 amide bonds. The van der Waals surface area contributed by atoms with Gasteiger partial charge in [0.05, 0.1) is 0 Å². The van der Waals surface area contributed by atoms with Crippen LogP contribution in [0.1, 0.15) is 0 Å². The van der Waals surface area contributed by atoms with Crippen LogP contribution in [0.2, 0.25) is 0 Å². The Hall–Kier alpha value is -0.377. The van der Waals surface area contributed by atoms with Crippen LogP contribution in [0.5, 0.6) is 0 Å². The Morgan fingerprint density at radius 1 is 1.00 bits per heavy atom. The number of nitrogens with zero attached hydrogens (tertiary/aromatic N) is 4. The molecule has 0 radical (unpaired) electrons. The number of aromatic amines is 1. The zero-order valence-electron chi connectivity index (χ0n) is 3.00. The van der Waals surface area contributed by atoms with Crippen molar-refractivity contribution in [2.45, 2.75) is 0 Å². The molecule has 0 aromatic carbocycles. The molecule has 0 aliphatic rings. The van der Waals surface area contributed by atoms with Crippen molar-refractivity contribution in [3.8, 4) is 0 Å². The molecule has 6 heteroatoms. The van der Waals surface area contributed by atoms with E-state index < -0.39 is 0 Å². The Kier molecular flexibility index (Phi) is 2.66.